The van der Waals surface area contributed by atoms with Gasteiger partial charge in [-0.1, -0.05) is 35.6 Å². The van der Waals surface area contributed by atoms with Crippen LogP contribution in [0.4, 0.5) is 5.82 Å². The van der Waals surface area contributed by atoms with Gasteiger partial charge in [-0.05, 0) is 31.4 Å². The Bertz CT molecular complexity index is 768. The average Bonchev–Trinajstić information content (AvgIpc) is 2.82. The summed E-state index contributed by atoms with van der Waals surface area (Å²) in [5, 5.41) is 6.70. The van der Waals surface area contributed by atoms with Gasteiger partial charge < -0.3 is 10.2 Å². The van der Waals surface area contributed by atoms with Crippen molar-refractivity contribution in [1.29, 1.82) is 0 Å². The fraction of sp³-hybridized carbons (Fsp3) is 0.500. The van der Waals surface area contributed by atoms with Crippen molar-refractivity contribution in [2.24, 2.45) is 5.18 Å². The SMILES string of the molecule is O=NC1CCN(c2nc(CC3=CCC=CC=C3)nc3c2CCNCC3)C1. The first-order valence-electron chi connectivity index (χ1n) is 9.52. The molecule has 0 saturated carbocycles. The van der Waals surface area contributed by atoms with E-state index in [2.05, 4.69) is 45.8 Å². The van der Waals surface area contributed by atoms with Crippen molar-refractivity contribution < 1.29 is 0 Å². The van der Waals surface area contributed by atoms with Crippen molar-refractivity contribution >= 4 is 5.82 Å². The average molecular weight is 351 g/mol. The van der Waals surface area contributed by atoms with Gasteiger partial charge in [0.05, 0.1) is 5.69 Å². The molecule has 3 aliphatic rings. The molecule has 1 atom stereocenters. The van der Waals surface area contributed by atoms with E-state index in [4.69, 9.17) is 9.97 Å². The second-order valence-electron chi connectivity index (χ2n) is 7.11. The number of anilines is 1. The summed E-state index contributed by atoms with van der Waals surface area (Å²) in [5.74, 6) is 1.90. The van der Waals surface area contributed by atoms with E-state index in [1.165, 1.54) is 11.1 Å². The molecule has 0 aromatic carbocycles. The molecule has 1 saturated heterocycles. The zero-order valence-corrected chi connectivity index (χ0v) is 15.0. The highest BCUT2D eigenvalue weighted by Crippen LogP contribution is 2.28. The predicted octanol–water partition coefficient (Wildman–Crippen LogP) is 2.49. The second-order valence-corrected chi connectivity index (χ2v) is 7.11. The molecule has 1 aliphatic carbocycles. The van der Waals surface area contributed by atoms with Gasteiger partial charge in [0.2, 0.25) is 0 Å². The first-order chi connectivity index (χ1) is 12.8. The molecule has 0 spiro atoms. The van der Waals surface area contributed by atoms with Crippen LogP contribution in [-0.4, -0.2) is 42.2 Å². The monoisotopic (exact) mass is 351 g/mol. The fourth-order valence-corrected chi connectivity index (χ4v) is 3.87. The van der Waals surface area contributed by atoms with Gasteiger partial charge >= 0.3 is 0 Å². The number of allylic oxidation sites excluding steroid dienone is 6. The van der Waals surface area contributed by atoms with Crippen molar-refractivity contribution in [2.75, 3.05) is 31.1 Å². The first kappa shape index (κ1) is 17.1. The number of aromatic nitrogens is 2. The summed E-state index contributed by atoms with van der Waals surface area (Å²) in [6, 6.07) is -0.119. The van der Waals surface area contributed by atoms with Crippen LogP contribution in [0.5, 0.6) is 0 Å². The third-order valence-corrected chi connectivity index (χ3v) is 5.26. The molecule has 6 heteroatoms. The summed E-state index contributed by atoms with van der Waals surface area (Å²) < 4.78 is 0. The summed E-state index contributed by atoms with van der Waals surface area (Å²) in [6.07, 6.45) is 15.1. The van der Waals surface area contributed by atoms with Gasteiger partial charge in [-0.3, -0.25) is 0 Å². The highest BCUT2D eigenvalue weighted by molar-refractivity contribution is 5.51. The third kappa shape index (κ3) is 3.75. The van der Waals surface area contributed by atoms with Gasteiger partial charge in [0.15, 0.2) is 0 Å². The molecule has 1 N–H and O–H groups in total. The van der Waals surface area contributed by atoms with E-state index in [0.29, 0.717) is 6.54 Å². The number of hydrogen-bond acceptors (Lipinski definition) is 6. The van der Waals surface area contributed by atoms with E-state index < -0.39 is 0 Å². The number of rotatable bonds is 4. The van der Waals surface area contributed by atoms with Crippen LogP contribution in [0.2, 0.25) is 0 Å². The molecule has 0 bridgehead atoms. The molecule has 0 radical (unpaired) electrons. The minimum absolute atomic E-state index is 0.119. The highest BCUT2D eigenvalue weighted by atomic mass is 16.3. The standard InChI is InChI=1S/C20H25N5O/c26-24-16-9-12-25(14-16)20-17-7-10-21-11-8-18(17)22-19(23-20)13-15-5-3-1-2-4-6-15/h1-3,5-6,16,21H,4,7-14H2. The maximum absolute atomic E-state index is 10.9. The molecular formula is C20H25N5O. The Labute approximate surface area is 154 Å². The molecule has 1 aromatic heterocycles. The van der Waals surface area contributed by atoms with Crippen LogP contribution in [-0.2, 0) is 19.3 Å². The van der Waals surface area contributed by atoms with Crippen molar-refractivity contribution in [2.45, 2.75) is 38.1 Å². The lowest BCUT2D eigenvalue weighted by Gasteiger charge is -2.22. The van der Waals surface area contributed by atoms with E-state index in [0.717, 1.165) is 69.1 Å². The Kier molecular flexibility index (Phi) is 5.20. The van der Waals surface area contributed by atoms with E-state index in [-0.39, 0.29) is 6.04 Å². The lowest BCUT2D eigenvalue weighted by atomic mass is 10.1. The Morgan fingerprint density at radius 1 is 1.23 bits per heavy atom. The summed E-state index contributed by atoms with van der Waals surface area (Å²) in [5.41, 5.74) is 3.66. The summed E-state index contributed by atoms with van der Waals surface area (Å²) in [6.45, 7) is 3.42. The molecule has 0 amide bonds. The summed E-state index contributed by atoms with van der Waals surface area (Å²) >= 11 is 0. The van der Waals surface area contributed by atoms with E-state index in [1.807, 2.05) is 0 Å². The quantitative estimate of drug-likeness (QED) is 0.844. The van der Waals surface area contributed by atoms with Crippen molar-refractivity contribution in [3.63, 3.8) is 0 Å². The molecule has 4 rings (SSSR count). The normalized spacial score (nSPS) is 22.5. The van der Waals surface area contributed by atoms with Crippen LogP contribution in [0.25, 0.3) is 0 Å². The molecule has 136 valence electrons. The molecular weight excluding hydrogens is 326 g/mol. The first-order valence-corrected chi connectivity index (χ1v) is 9.52. The Morgan fingerprint density at radius 3 is 3.04 bits per heavy atom. The van der Waals surface area contributed by atoms with Crippen LogP contribution in [0, 0.1) is 4.91 Å². The van der Waals surface area contributed by atoms with Crippen LogP contribution >= 0.6 is 0 Å². The maximum Gasteiger partial charge on any atom is 0.135 e. The number of nitroso groups, excluding NO2 is 1. The lowest BCUT2D eigenvalue weighted by Crippen LogP contribution is -2.25. The minimum Gasteiger partial charge on any atom is -0.354 e. The van der Waals surface area contributed by atoms with Crippen LogP contribution in [0.1, 0.15) is 29.9 Å². The van der Waals surface area contributed by atoms with Crippen molar-refractivity contribution in [3.05, 3.63) is 57.9 Å². The van der Waals surface area contributed by atoms with Crippen molar-refractivity contribution in [1.82, 2.24) is 15.3 Å². The number of fused-ring (bicyclic) bond motifs is 1. The maximum atomic E-state index is 10.9. The Hall–Kier alpha value is -2.34. The van der Waals surface area contributed by atoms with Crippen LogP contribution in [0.3, 0.4) is 0 Å². The predicted molar refractivity (Wildman–Crippen MR) is 103 cm³/mol. The minimum atomic E-state index is -0.119. The number of hydrogen-bond donors (Lipinski definition) is 1. The molecule has 3 heterocycles. The second kappa shape index (κ2) is 7.91. The molecule has 6 nitrogen and oxygen atoms in total. The highest BCUT2D eigenvalue weighted by Gasteiger charge is 2.28. The zero-order chi connectivity index (χ0) is 17.8. The molecule has 2 aliphatic heterocycles. The van der Waals surface area contributed by atoms with Crippen LogP contribution < -0.4 is 10.2 Å². The molecule has 1 unspecified atom stereocenters. The fourth-order valence-electron chi connectivity index (χ4n) is 3.87. The van der Waals surface area contributed by atoms with Gasteiger partial charge in [0.1, 0.15) is 17.7 Å². The molecule has 1 aromatic rings. The summed E-state index contributed by atoms with van der Waals surface area (Å²) in [4.78, 5) is 23.0. The van der Waals surface area contributed by atoms with Crippen molar-refractivity contribution in [3.8, 4) is 0 Å². The van der Waals surface area contributed by atoms with Gasteiger partial charge in [-0.15, -0.1) is 0 Å². The third-order valence-electron chi connectivity index (χ3n) is 5.26. The number of nitrogens with zero attached hydrogens (tertiary/aromatic N) is 4. The van der Waals surface area contributed by atoms with Gasteiger partial charge in [0, 0.05) is 38.0 Å². The largest absolute Gasteiger partial charge is 0.354 e. The molecule has 26 heavy (non-hydrogen) atoms. The summed E-state index contributed by atoms with van der Waals surface area (Å²) in [7, 11) is 0. The van der Waals surface area contributed by atoms with E-state index >= 15 is 0 Å². The van der Waals surface area contributed by atoms with Gasteiger partial charge in [-0.25, -0.2) is 9.97 Å². The lowest BCUT2D eigenvalue weighted by molar-refractivity contribution is 0.707. The van der Waals surface area contributed by atoms with Gasteiger partial charge in [0.25, 0.3) is 0 Å². The van der Waals surface area contributed by atoms with E-state index in [9.17, 15) is 4.91 Å². The van der Waals surface area contributed by atoms with Crippen LogP contribution in [0.15, 0.2) is 41.1 Å². The zero-order valence-electron chi connectivity index (χ0n) is 15.0. The number of nitrogens with one attached hydrogen (secondary N) is 1. The Morgan fingerprint density at radius 2 is 2.15 bits per heavy atom. The Balaban J connectivity index is 1.67. The topological polar surface area (TPSA) is 70.5 Å². The van der Waals surface area contributed by atoms with E-state index in [1.54, 1.807) is 0 Å². The molecule has 1 fully saturated rings. The van der Waals surface area contributed by atoms with Gasteiger partial charge in [-0.2, -0.15) is 4.91 Å². The smallest absolute Gasteiger partial charge is 0.135 e.